The Kier molecular flexibility index (Phi) is 8.90. The van der Waals surface area contributed by atoms with Crippen molar-refractivity contribution < 1.29 is 24.1 Å². The highest BCUT2D eigenvalue weighted by Crippen LogP contribution is 2.55. The fourth-order valence-corrected chi connectivity index (χ4v) is 6.27. The molecule has 2 heterocycles. The molecule has 1 aromatic carbocycles. The Bertz CT molecular complexity index is 976. The number of allylic oxidation sites excluding steroid dienone is 1. The summed E-state index contributed by atoms with van der Waals surface area (Å²) in [5, 5.41) is 11.3. The molecule has 0 saturated carbocycles. The molecule has 1 N–H and O–H groups in total. The summed E-state index contributed by atoms with van der Waals surface area (Å²) in [7, 11) is 0. The second-order valence-corrected chi connectivity index (χ2v) is 12.4. The summed E-state index contributed by atoms with van der Waals surface area (Å²) in [4.78, 5) is 14.5. The van der Waals surface area contributed by atoms with E-state index in [1.807, 2.05) is 6.07 Å². The number of benzene rings is 1. The first kappa shape index (κ1) is 28.0. The predicted molar refractivity (Wildman–Crippen MR) is 146 cm³/mol. The molecule has 0 spiro atoms. The van der Waals surface area contributed by atoms with E-state index in [2.05, 4.69) is 51.7 Å². The van der Waals surface area contributed by atoms with Crippen LogP contribution in [0.5, 0.6) is 11.5 Å². The van der Waals surface area contributed by atoms with Gasteiger partial charge in [0.15, 0.2) is 0 Å². The molecule has 1 fully saturated rings. The van der Waals surface area contributed by atoms with E-state index in [9.17, 15) is 9.90 Å². The fourth-order valence-electron chi connectivity index (χ4n) is 6.27. The van der Waals surface area contributed by atoms with E-state index in [1.54, 1.807) is 0 Å². The van der Waals surface area contributed by atoms with Crippen molar-refractivity contribution in [3.8, 4) is 11.5 Å². The third-order valence-corrected chi connectivity index (χ3v) is 8.70. The summed E-state index contributed by atoms with van der Waals surface area (Å²) in [6.45, 7) is 14.6. The summed E-state index contributed by atoms with van der Waals surface area (Å²) in [6, 6.07) is 4.14. The number of fused-ring (bicyclic) bond motifs is 3. The van der Waals surface area contributed by atoms with E-state index in [4.69, 9.17) is 14.2 Å². The standard InChI is InChI=1S/C31H47NO5/c1-6-7-8-9-12-30(2,3)23-18-26(33)29-24-17-22(10-11-25(24)31(4,5)37-27(29)19-23)21-36-28(34)20-32-13-15-35-16-14-32/h10,18-19,24-25,33H,6-9,11-17,20-21H2,1-5H3/t24-,25-/m0/s1. The largest absolute Gasteiger partial charge is 0.508 e. The number of hydrogen-bond acceptors (Lipinski definition) is 6. The number of ether oxygens (including phenoxy) is 3. The van der Waals surface area contributed by atoms with Gasteiger partial charge in [0.25, 0.3) is 0 Å². The molecule has 1 saturated heterocycles. The van der Waals surface area contributed by atoms with Gasteiger partial charge in [-0.1, -0.05) is 52.5 Å². The number of phenolic OH excluding ortho intramolecular Hbond substituents is 1. The fraction of sp³-hybridized carbons (Fsp3) is 0.710. The Hall–Kier alpha value is -2.05. The van der Waals surface area contributed by atoms with Gasteiger partial charge in [-0.2, -0.15) is 0 Å². The first-order chi connectivity index (χ1) is 17.6. The highest BCUT2D eigenvalue weighted by atomic mass is 16.5. The zero-order chi connectivity index (χ0) is 26.6. The average molecular weight is 514 g/mol. The first-order valence-electron chi connectivity index (χ1n) is 14.3. The minimum absolute atomic E-state index is 0.0308. The number of hydrogen-bond donors (Lipinski definition) is 1. The van der Waals surface area contributed by atoms with Gasteiger partial charge in [-0.15, -0.1) is 0 Å². The van der Waals surface area contributed by atoms with Crippen LogP contribution in [0.2, 0.25) is 0 Å². The second kappa shape index (κ2) is 11.8. The van der Waals surface area contributed by atoms with Crippen LogP contribution in [0, 0.1) is 5.92 Å². The number of morpholine rings is 1. The van der Waals surface area contributed by atoms with Gasteiger partial charge in [-0.3, -0.25) is 9.69 Å². The Morgan fingerprint density at radius 3 is 2.68 bits per heavy atom. The van der Waals surface area contributed by atoms with Gasteiger partial charge in [0.2, 0.25) is 0 Å². The van der Waals surface area contributed by atoms with Crippen LogP contribution in [-0.4, -0.2) is 61.0 Å². The maximum Gasteiger partial charge on any atom is 0.320 e. The van der Waals surface area contributed by atoms with Crippen molar-refractivity contribution >= 4 is 5.97 Å². The molecule has 0 amide bonds. The lowest BCUT2D eigenvalue weighted by Crippen LogP contribution is -2.45. The quantitative estimate of drug-likeness (QED) is 0.231. The third kappa shape index (κ3) is 6.69. The van der Waals surface area contributed by atoms with Gasteiger partial charge in [0.05, 0.1) is 19.8 Å². The van der Waals surface area contributed by atoms with Gasteiger partial charge in [-0.05, 0) is 61.8 Å². The lowest BCUT2D eigenvalue weighted by molar-refractivity contribution is -0.145. The van der Waals surface area contributed by atoms with E-state index >= 15 is 0 Å². The monoisotopic (exact) mass is 513 g/mol. The molecule has 0 aromatic heterocycles. The number of rotatable bonds is 10. The molecule has 0 radical (unpaired) electrons. The summed E-state index contributed by atoms with van der Waals surface area (Å²) >= 11 is 0. The van der Waals surface area contributed by atoms with Gasteiger partial charge in [0, 0.05) is 30.5 Å². The minimum Gasteiger partial charge on any atom is -0.508 e. The van der Waals surface area contributed by atoms with Crippen LogP contribution in [0.15, 0.2) is 23.8 Å². The van der Waals surface area contributed by atoms with E-state index in [0.29, 0.717) is 32.1 Å². The van der Waals surface area contributed by atoms with Crippen molar-refractivity contribution in [3.05, 3.63) is 34.9 Å². The Labute approximate surface area is 223 Å². The Balaban J connectivity index is 1.46. The van der Waals surface area contributed by atoms with E-state index < -0.39 is 0 Å². The molecule has 3 aliphatic rings. The van der Waals surface area contributed by atoms with Crippen LogP contribution in [-0.2, 0) is 19.7 Å². The third-order valence-electron chi connectivity index (χ3n) is 8.70. The van der Waals surface area contributed by atoms with Crippen molar-refractivity contribution in [1.29, 1.82) is 0 Å². The lowest BCUT2D eigenvalue weighted by Gasteiger charge is -2.47. The molecule has 0 bridgehead atoms. The van der Waals surface area contributed by atoms with E-state index in [1.165, 1.54) is 25.7 Å². The van der Waals surface area contributed by atoms with Crippen LogP contribution in [0.3, 0.4) is 0 Å². The van der Waals surface area contributed by atoms with Crippen molar-refractivity contribution in [2.75, 3.05) is 39.5 Å². The van der Waals surface area contributed by atoms with Crippen LogP contribution in [0.4, 0.5) is 0 Å². The molecular formula is C31H47NO5. The molecule has 4 rings (SSSR count). The molecule has 2 aliphatic heterocycles. The Morgan fingerprint density at radius 2 is 1.95 bits per heavy atom. The number of unbranched alkanes of at least 4 members (excludes halogenated alkanes) is 3. The highest BCUT2D eigenvalue weighted by molar-refractivity contribution is 5.71. The van der Waals surface area contributed by atoms with Gasteiger partial charge >= 0.3 is 5.97 Å². The van der Waals surface area contributed by atoms with Crippen LogP contribution in [0.25, 0.3) is 0 Å². The molecular weight excluding hydrogens is 466 g/mol. The topological polar surface area (TPSA) is 68.2 Å². The number of nitrogens with zero attached hydrogens (tertiary/aromatic N) is 1. The molecule has 2 atom stereocenters. The van der Waals surface area contributed by atoms with Crippen molar-refractivity contribution in [2.45, 2.75) is 96.5 Å². The van der Waals surface area contributed by atoms with Gasteiger partial charge in [0.1, 0.15) is 23.7 Å². The molecule has 6 nitrogen and oxygen atoms in total. The van der Waals surface area contributed by atoms with Crippen LogP contribution in [0.1, 0.15) is 96.6 Å². The van der Waals surface area contributed by atoms with Gasteiger partial charge < -0.3 is 19.3 Å². The van der Waals surface area contributed by atoms with E-state index in [-0.39, 0.29) is 28.8 Å². The maximum atomic E-state index is 12.4. The number of phenols is 1. The van der Waals surface area contributed by atoms with Crippen molar-refractivity contribution in [1.82, 2.24) is 4.90 Å². The molecule has 1 aromatic rings. The first-order valence-corrected chi connectivity index (χ1v) is 14.3. The van der Waals surface area contributed by atoms with Crippen LogP contribution >= 0.6 is 0 Å². The maximum absolute atomic E-state index is 12.4. The average Bonchev–Trinajstić information content (AvgIpc) is 2.85. The zero-order valence-corrected chi connectivity index (χ0v) is 23.6. The Morgan fingerprint density at radius 1 is 1.19 bits per heavy atom. The smallest absolute Gasteiger partial charge is 0.320 e. The number of aromatic hydroxyl groups is 1. The molecule has 1 aliphatic carbocycles. The van der Waals surface area contributed by atoms with Gasteiger partial charge in [-0.25, -0.2) is 0 Å². The molecule has 206 valence electrons. The number of carbonyl (C=O) groups is 1. The summed E-state index contributed by atoms with van der Waals surface area (Å²) in [5.74, 6) is 1.36. The van der Waals surface area contributed by atoms with Crippen molar-refractivity contribution in [3.63, 3.8) is 0 Å². The molecule has 0 unspecified atom stereocenters. The predicted octanol–water partition coefficient (Wildman–Crippen LogP) is 6.11. The van der Waals surface area contributed by atoms with Crippen molar-refractivity contribution in [2.24, 2.45) is 5.92 Å². The lowest BCUT2D eigenvalue weighted by atomic mass is 9.66. The van der Waals surface area contributed by atoms with Crippen LogP contribution < -0.4 is 4.74 Å². The SMILES string of the molecule is CCCCCCC(C)(C)c1cc(O)c2c(c1)OC(C)(C)[C@H]1CC=C(COC(=O)CN3CCOCC3)C[C@H]21. The minimum atomic E-state index is -0.344. The number of carbonyl (C=O) groups excluding carboxylic acids is 1. The summed E-state index contributed by atoms with van der Waals surface area (Å²) < 4.78 is 17.6. The number of esters is 1. The normalized spacial score (nSPS) is 23.4. The van der Waals surface area contributed by atoms with E-state index in [0.717, 1.165) is 54.8 Å². The molecule has 6 heteroatoms. The summed E-state index contributed by atoms with van der Waals surface area (Å²) in [5.41, 5.74) is 2.80. The second-order valence-electron chi connectivity index (χ2n) is 12.4. The molecule has 37 heavy (non-hydrogen) atoms. The zero-order valence-electron chi connectivity index (χ0n) is 23.6. The summed E-state index contributed by atoms with van der Waals surface area (Å²) in [6.07, 6.45) is 9.84. The highest BCUT2D eigenvalue weighted by Gasteiger charge is 2.46.